The topological polar surface area (TPSA) is 56.5 Å². The van der Waals surface area contributed by atoms with Gasteiger partial charge < -0.3 is 4.90 Å². The first-order chi connectivity index (χ1) is 11.7. The molecular weight excluding hydrogens is 310 g/mol. The molecule has 0 aromatic heterocycles. The number of aliphatic imine (C=N–C) groups is 1. The van der Waals surface area contributed by atoms with Crippen molar-refractivity contribution in [3.05, 3.63) is 41.1 Å². The number of hydrogen-bond donors (Lipinski definition) is 0. The fourth-order valence-electron chi connectivity index (χ4n) is 3.95. The van der Waals surface area contributed by atoms with E-state index in [4.69, 9.17) is 0 Å². The van der Waals surface area contributed by atoms with Gasteiger partial charge in [-0.3, -0.25) is 9.79 Å². The van der Waals surface area contributed by atoms with Gasteiger partial charge >= 0.3 is 0 Å². The number of carbonyl (C=O) groups is 1. The highest BCUT2D eigenvalue weighted by atomic mass is 16.1. The number of benzene rings is 1. The second kappa shape index (κ2) is 6.15. The molecule has 4 heteroatoms. The highest BCUT2D eigenvalue weighted by Crippen LogP contribution is 2.47. The van der Waals surface area contributed by atoms with Crippen molar-refractivity contribution < 1.29 is 4.79 Å². The van der Waals surface area contributed by atoms with Gasteiger partial charge in [0.1, 0.15) is 0 Å². The average Bonchev–Trinajstić information content (AvgIpc) is 2.52. The van der Waals surface area contributed by atoms with Crippen molar-refractivity contribution >= 4 is 17.2 Å². The van der Waals surface area contributed by atoms with Crippen molar-refractivity contribution in [2.75, 3.05) is 19.0 Å². The minimum Gasteiger partial charge on any atom is -0.378 e. The number of ketones is 1. The van der Waals surface area contributed by atoms with E-state index in [1.54, 1.807) is 0 Å². The summed E-state index contributed by atoms with van der Waals surface area (Å²) in [5.41, 5.74) is 4.50. The molecular formula is C21H25N3O. The molecule has 0 fully saturated rings. The normalized spacial score (nSPS) is 25.1. The van der Waals surface area contributed by atoms with Crippen molar-refractivity contribution in [3.63, 3.8) is 0 Å². The van der Waals surface area contributed by atoms with E-state index in [1.807, 2.05) is 50.2 Å². The van der Waals surface area contributed by atoms with Crippen LogP contribution >= 0.6 is 0 Å². The summed E-state index contributed by atoms with van der Waals surface area (Å²) >= 11 is 0. The number of nitriles is 1. The number of allylic oxidation sites excluding steroid dienone is 2. The van der Waals surface area contributed by atoms with Gasteiger partial charge in [-0.1, -0.05) is 26.0 Å². The Morgan fingerprint density at radius 3 is 2.40 bits per heavy atom. The zero-order valence-electron chi connectivity index (χ0n) is 15.6. The molecule has 0 radical (unpaired) electrons. The first-order valence-electron chi connectivity index (χ1n) is 8.72. The standard InChI is InChI=1S/C21H25N3O/c1-13-16(12-22)19(14-6-8-15(9-7-14)24(4)5)20-17(23-13)10-21(2,3)11-18(20)25/h6-9,16,19H,10-11H2,1-5H3/t16?,19-/m0/s1. The lowest BCUT2D eigenvalue weighted by atomic mass is 9.67. The molecule has 0 amide bonds. The van der Waals surface area contributed by atoms with Gasteiger partial charge in [0.15, 0.2) is 5.78 Å². The minimum atomic E-state index is -0.380. The molecule has 1 unspecified atom stereocenters. The van der Waals surface area contributed by atoms with Crippen LogP contribution in [0.1, 0.15) is 45.1 Å². The number of carbonyl (C=O) groups excluding carboxylic acids is 1. The summed E-state index contributed by atoms with van der Waals surface area (Å²) in [5, 5.41) is 9.74. The fourth-order valence-corrected chi connectivity index (χ4v) is 3.95. The Kier molecular flexibility index (Phi) is 4.28. The van der Waals surface area contributed by atoms with E-state index < -0.39 is 0 Å². The number of rotatable bonds is 2. The van der Waals surface area contributed by atoms with Gasteiger partial charge in [-0.25, -0.2) is 0 Å². The maximum atomic E-state index is 12.9. The molecule has 1 aliphatic carbocycles. The number of hydrogen-bond acceptors (Lipinski definition) is 4. The van der Waals surface area contributed by atoms with E-state index in [0.29, 0.717) is 6.42 Å². The molecule has 0 spiro atoms. The van der Waals surface area contributed by atoms with Gasteiger partial charge in [-0.2, -0.15) is 5.26 Å². The lowest BCUT2D eigenvalue weighted by molar-refractivity contribution is -0.118. The summed E-state index contributed by atoms with van der Waals surface area (Å²) < 4.78 is 0. The monoisotopic (exact) mass is 335 g/mol. The quantitative estimate of drug-likeness (QED) is 0.818. The molecule has 1 aromatic carbocycles. The average molecular weight is 335 g/mol. The zero-order chi connectivity index (χ0) is 18.4. The Bertz CT molecular complexity index is 807. The lowest BCUT2D eigenvalue weighted by Gasteiger charge is -2.38. The van der Waals surface area contributed by atoms with E-state index in [2.05, 4.69) is 24.9 Å². The number of anilines is 1. The van der Waals surface area contributed by atoms with Crippen LogP contribution in [-0.2, 0) is 4.79 Å². The zero-order valence-corrected chi connectivity index (χ0v) is 15.6. The van der Waals surface area contributed by atoms with E-state index in [0.717, 1.165) is 34.7 Å². The summed E-state index contributed by atoms with van der Waals surface area (Å²) in [6.07, 6.45) is 1.31. The third-order valence-electron chi connectivity index (χ3n) is 5.21. The molecule has 1 heterocycles. The Hall–Kier alpha value is -2.41. The Balaban J connectivity index is 2.12. The molecule has 3 rings (SSSR count). The molecule has 1 aromatic rings. The van der Waals surface area contributed by atoms with E-state index in [9.17, 15) is 10.1 Å². The molecule has 0 saturated heterocycles. The van der Waals surface area contributed by atoms with Crippen LogP contribution in [0.2, 0.25) is 0 Å². The second-order valence-electron chi connectivity index (χ2n) is 8.12. The van der Waals surface area contributed by atoms with Crippen molar-refractivity contribution in [1.82, 2.24) is 0 Å². The van der Waals surface area contributed by atoms with Crippen LogP contribution in [0.25, 0.3) is 0 Å². The Labute approximate surface area is 149 Å². The van der Waals surface area contributed by atoms with Crippen LogP contribution in [0.4, 0.5) is 5.69 Å². The molecule has 2 atom stereocenters. The molecule has 25 heavy (non-hydrogen) atoms. The van der Waals surface area contributed by atoms with Gasteiger partial charge in [0.05, 0.1) is 12.0 Å². The SMILES string of the molecule is CC1=NC2=C(C(=O)CC(C)(C)C2)[C@@H](c2ccc(N(C)C)cc2)C1C#N. The maximum Gasteiger partial charge on any atom is 0.161 e. The third kappa shape index (κ3) is 3.11. The van der Waals surface area contributed by atoms with Crippen LogP contribution in [0.5, 0.6) is 0 Å². The van der Waals surface area contributed by atoms with Gasteiger partial charge in [-0.15, -0.1) is 0 Å². The molecule has 130 valence electrons. The number of nitrogens with zero attached hydrogens (tertiary/aromatic N) is 3. The smallest absolute Gasteiger partial charge is 0.161 e. The van der Waals surface area contributed by atoms with Gasteiger partial charge in [0.2, 0.25) is 0 Å². The highest BCUT2D eigenvalue weighted by molar-refractivity contribution is 6.03. The van der Waals surface area contributed by atoms with Crippen molar-refractivity contribution in [2.24, 2.45) is 16.3 Å². The molecule has 1 aliphatic heterocycles. The van der Waals surface area contributed by atoms with Gasteiger partial charge in [0.25, 0.3) is 0 Å². The third-order valence-corrected chi connectivity index (χ3v) is 5.21. The number of Topliss-reactive ketones (excluding diaryl/α,β-unsaturated/α-hetero) is 1. The summed E-state index contributed by atoms with van der Waals surface area (Å²) in [7, 11) is 4.00. The van der Waals surface area contributed by atoms with Crippen LogP contribution in [0.15, 0.2) is 40.5 Å². The van der Waals surface area contributed by atoms with Gasteiger partial charge in [-0.05, 0) is 36.5 Å². The van der Waals surface area contributed by atoms with Crippen LogP contribution < -0.4 is 4.90 Å². The first kappa shape index (κ1) is 17.4. The molecule has 0 saturated carbocycles. The highest BCUT2D eigenvalue weighted by Gasteiger charge is 2.43. The van der Waals surface area contributed by atoms with Crippen molar-refractivity contribution in [1.29, 1.82) is 5.26 Å². The maximum absolute atomic E-state index is 12.9. The van der Waals surface area contributed by atoms with Crippen molar-refractivity contribution in [2.45, 2.75) is 39.5 Å². The minimum absolute atomic E-state index is 0.0709. The lowest BCUT2D eigenvalue weighted by Crippen LogP contribution is -2.35. The summed E-state index contributed by atoms with van der Waals surface area (Å²) in [4.78, 5) is 19.6. The summed E-state index contributed by atoms with van der Waals surface area (Å²) in [6, 6.07) is 10.6. The largest absolute Gasteiger partial charge is 0.378 e. The second-order valence-corrected chi connectivity index (χ2v) is 8.12. The Morgan fingerprint density at radius 1 is 1.20 bits per heavy atom. The molecule has 2 aliphatic rings. The van der Waals surface area contributed by atoms with E-state index >= 15 is 0 Å². The molecule has 4 nitrogen and oxygen atoms in total. The predicted molar refractivity (Wildman–Crippen MR) is 101 cm³/mol. The molecule has 0 bridgehead atoms. The summed E-state index contributed by atoms with van der Waals surface area (Å²) in [5.74, 6) is -0.448. The first-order valence-corrected chi connectivity index (χ1v) is 8.72. The summed E-state index contributed by atoms with van der Waals surface area (Å²) in [6.45, 7) is 6.12. The van der Waals surface area contributed by atoms with Crippen LogP contribution in [-0.4, -0.2) is 25.6 Å². The van der Waals surface area contributed by atoms with E-state index in [-0.39, 0.29) is 23.0 Å². The predicted octanol–water partition coefficient (Wildman–Crippen LogP) is 4.09. The van der Waals surface area contributed by atoms with Gasteiger partial charge in [0, 0.05) is 49.1 Å². The molecule has 0 N–H and O–H groups in total. The van der Waals surface area contributed by atoms with E-state index in [1.165, 1.54) is 0 Å². The van der Waals surface area contributed by atoms with Crippen molar-refractivity contribution in [3.8, 4) is 6.07 Å². The van der Waals surface area contributed by atoms with Crippen LogP contribution in [0, 0.1) is 22.7 Å². The fraction of sp³-hybridized carbons (Fsp3) is 0.476. The van der Waals surface area contributed by atoms with Crippen LogP contribution in [0.3, 0.4) is 0 Å². The Morgan fingerprint density at radius 2 is 1.84 bits per heavy atom.